The van der Waals surface area contributed by atoms with Crippen LogP contribution in [0.4, 0.5) is 5.69 Å². The second kappa shape index (κ2) is 3.80. The van der Waals surface area contributed by atoms with Gasteiger partial charge in [0.05, 0.1) is 6.54 Å². The molecule has 0 radical (unpaired) electrons. The molecule has 1 heterocycles. The topological polar surface area (TPSA) is 32.3 Å². The van der Waals surface area contributed by atoms with Gasteiger partial charge in [0.15, 0.2) is 0 Å². The van der Waals surface area contributed by atoms with Crippen molar-refractivity contribution in [3.63, 3.8) is 0 Å². The van der Waals surface area contributed by atoms with Gasteiger partial charge in [-0.25, -0.2) is 0 Å². The van der Waals surface area contributed by atoms with E-state index < -0.39 is 0 Å². The van der Waals surface area contributed by atoms with Crippen LogP contribution in [-0.2, 0) is 4.79 Å². The lowest BCUT2D eigenvalue weighted by Crippen LogP contribution is -2.53. The van der Waals surface area contributed by atoms with Gasteiger partial charge in [0.2, 0.25) is 5.91 Å². The maximum atomic E-state index is 11.6. The molecule has 1 fully saturated rings. The molecule has 1 aliphatic heterocycles. The molecular formula is C11H14N2O. The number of para-hydroxylation sites is 1. The third kappa shape index (κ3) is 1.77. The first-order valence-corrected chi connectivity index (χ1v) is 4.86. The summed E-state index contributed by atoms with van der Waals surface area (Å²) in [6, 6.07) is 10.2. The van der Waals surface area contributed by atoms with Crippen LogP contribution >= 0.6 is 0 Å². The molecule has 3 heteroatoms. The van der Waals surface area contributed by atoms with Crippen molar-refractivity contribution >= 4 is 11.6 Å². The van der Waals surface area contributed by atoms with E-state index >= 15 is 0 Å². The predicted molar refractivity (Wildman–Crippen MR) is 56.3 cm³/mol. The smallest absolute Gasteiger partial charge is 0.240 e. The summed E-state index contributed by atoms with van der Waals surface area (Å²) >= 11 is 0. The summed E-state index contributed by atoms with van der Waals surface area (Å²) in [5.41, 5.74) is 0.992. The monoisotopic (exact) mass is 190 g/mol. The third-order valence-electron chi connectivity index (χ3n) is 2.43. The SMILES string of the molecule is CC1CN(c2ccccc2)C(=O)CN1. The predicted octanol–water partition coefficient (Wildman–Crippen LogP) is 1.01. The summed E-state index contributed by atoms with van der Waals surface area (Å²) in [6.45, 7) is 3.28. The minimum Gasteiger partial charge on any atom is -0.310 e. The molecule has 14 heavy (non-hydrogen) atoms. The number of nitrogens with one attached hydrogen (secondary N) is 1. The van der Waals surface area contributed by atoms with E-state index in [1.807, 2.05) is 35.2 Å². The molecule has 0 aromatic heterocycles. The number of piperazine rings is 1. The molecule has 1 unspecified atom stereocenters. The minimum atomic E-state index is 0.148. The van der Waals surface area contributed by atoms with Gasteiger partial charge in [-0.2, -0.15) is 0 Å². The molecule has 74 valence electrons. The number of nitrogens with zero attached hydrogens (tertiary/aromatic N) is 1. The van der Waals surface area contributed by atoms with Gasteiger partial charge >= 0.3 is 0 Å². The van der Waals surface area contributed by atoms with Crippen LogP contribution in [0.1, 0.15) is 6.92 Å². The molecule has 3 nitrogen and oxygen atoms in total. The van der Waals surface area contributed by atoms with Gasteiger partial charge in [0, 0.05) is 18.3 Å². The Kier molecular flexibility index (Phi) is 2.50. The van der Waals surface area contributed by atoms with Crippen LogP contribution in [-0.4, -0.2) is 25.0 Å². The zero-order chi connectivity index (χ0) is 9.97. The summed E-state index contributed by atoms with van der Waals surface area (Å²) in [4.78, 5) is 13.4. The molecular weight excluding hydrogens is 176 g/mol. The van der Waals surface area contributed by atoms with Gasteiger partial charge in [-0.1, -0.05) is 18.2 Å². The van der Waals surface area contributed by atoms with Crippen LogP contribution in [0.15, 0.2) is 30.3 Å². The molecule has 1 saturated heterocycles. The highest BCUT2D eigenvalue weighted by Crippen LogP contribution is 2.15. The number of carbonyl (C=O) groups is 1. The summed E-state index contributed by atoms with van der Waals surface area (Å²) in [5, 5.41) is 3.14. The number of carbonyl (C=O) groups excluding carboxylic acids is 1. The van der Waals surface area contributed by atoms with Gasteiger partial charge in [-0.15, -0.1) is 0 Å². The largest absolute Gasteiger partial charge is 0.310 e. The van der Waals surface area contributed by atoms with Crippen molar-refractivity contribution in [2.45, 2.75) is 13.0 Å². The lowest BCUT2D eigenvalue weighted by Gasteiger charge is -2.31. The summed E-state index contributed by atoms with van der Waals surface area (Å²) in [5.74, 6) is 0.148. The van der Waals surface area contributed by atoms with Gasteiger partial charge in [-0.05, 0) is 19.1 Å². The Morgan fingerprint density at radius 2 is 2.07 bits per heavy atom. The number of rotatable bonds is 1. The Hall–Kier alpha value is -1.35. The van der Waals surface area contributed by atoms with Crippen molar-refractivity contribution in [2.24, 2.45) is 0 Å². The zero-order valence-corrected chi connectivity index (χ0v) is 8.23. The number of amides is 1. The van der Waals surface area contributed by atoms with E-state index in [9.17, 15) is 4.79 Å². The molecule has 0 saturated carbocycles. The van der Waals surface area contributed by atoms with E-state index in [1.165, 1.54) is 0 Å². The van der Waals surface area contributed by atoms with E-state index in [2.05, 4.69) is 12.2 Å². The van der Waals surface area contributed by atoms with Crippen molar-refractivity contribution in [3.05, 3.63) is 30.3 Å². The second-order valence-electron chi connectivity index (χ2n) is 3.62. The molecule has 0 bridgehead atoms. The third-order valence-corrected chi connectivity index (χ3v) is 2.43. The highest BCUT2D eigenvalue weighted by Gasteiger charge is 2.22. The quantitative estimate of drug-likeness (QED) is 0.717. The highest BCUT2D eigenvalue weighted by molar-refractivity contribution is 5.95. The molecule has 0 aliphatic carbocycles. The van der Waals surface area contributed by atoms with Gasteiger partial charge in [0.25, 0.3) is 0 Å². The molecule has 1 amide bonds. The van der Waals surface area contributed by atoms with Gasteiger partial charge < -0.3 is 10.2 Å². The maximum absolute atomic E-state index is 11.6. The lowest BCUT2D eigenvalue weighted by atomic mass is 10.2. The summed E-state index contributed by atoms with van der Waals surface area (Å²) < 4.78 is 0. The van der Waals surface area contributed by atoms with Crippen LogP contribution in [0.3, 0.4) is 0 Å². The van der Waals surface area contributed by atoms with Crippen molar-refractivity contribution in [1.82, 2.24) is 5.32 Å². The Balaban J connectivity index is 2.20. The average Bonchev–Trinajstić information content (AvgIpc) is 2.23. The number of anilines is 1. The Labute approximate surface area is 83.7 Å². The fourth-order valence-corrected chi connectivity index (χ4v) is 1.65. The van der Waals surface area contributed by atoms with E-state index in [1.54, 1.807) is 0 Å². The second-order valence-corrected chi connectivity index (χ2v) is 3.62. The van der Waals surface area contributed by atoms with E-state index in [0.717, 1.165) is 12.2 Å². The van der Waals surface area contributed by atoms with E-state index in [-0.39, 0.29) is 5.91 Å². The molecule has 1 N–H and O–H groups in total. The standard InChI is InChI=1S/C11H14N2O/c1-9-8-13(11(14)7-12-9)10-5-3-2-4-6-10/h2-6,9,12H,7-8H2,1H3. The fourth-order valence-electron chi connectivity index (χ4n) is 1.65. The number of hydrogen-bond acceptors (Lipinski definition) is 2. The first-order valence-electron chi connectivity index (χ1n) is 4.86. The molecule has 1 atom stereocenters. The van der Waals surface area contributed by atoms with Crippen molar-refractivity contribution in [2.75, 3.05) is 18.0 Å². The van der Waals surface area contributed by atoms with Crippen LogP contribution in [0.25, 0.3) is 0 Å². The zero-order valence-electron chi connectivity index (χ0n) is 8.23. The first-order chi connectivity index (χ1) is 6.77. The molecule has 0 spiro atoms. The normalized spacial score (nSPS) is 22.5. The van der Waals surface area contributed by atoms with Gasteiger partial charge in [0.1, 0.15) is 0 Å². The number of benzene rings is 1. The Morgan fingerprint density at radius 1 is 1.36 bits per heavy atom. The van der Waals surface area contributed by atoms with Crippen LogP contribution in [0.5, 0.6) is 0 Å². The van der Waals surface area contributed by atoms with Crippen molar-refractivity contribution in [1.29, 1.82) is 0 Å². The fraction of sp³-hybridized carbons (Fsp3) is 0.364. The first kappa shape index (κ1) is 9.21. The van der Waals surface area contributed by atoms with Crippen LogP contribution in [0.2, 0.25) is 0 Å². The lowest BCUT2D eigenvalue weighted by molar-refractivity contribution is -0.118. The summed E-state index contributed by atoms with van der Waals surface area (Å²) in [7, 11) is 0. The van der Waals surface area contributed by atoms with E-state index in [4.69, 9.17) is 0 Å². The summed E-state index contributed by atoms with van der Waals surface area (Å²) in [6.07, 6.45) is 0. The number of hydrogen-bond donors (Lipinski definition) is 1. The minimum absolute atomic E-state index is 0.148. The van der Waals surface area contributed by atoms with Gasteiger partial charge in [-0.3, -0.25) is 4.79 Å². The van der Waals surface area contributed by atoms with Crippen molar-refractivity contribution < 1.29 is 4.79 Å². The van der Waals surface area contributed by atoms with Crippen LogP contribution < -0.4 is 10.2 Å². The molecule has 1 aromatic carbocycles. The van der Waals surface area contributed by atoms with Crippen LogP contribution in [0, 0.1) is 0 Å². The molecule has 1 aromatic rings. The van der Waals surface area contributed by atoms with E-state index in [0.29, 0.717) is 12.6 Å². The highest BCUT2D eigenvalue weighted by atomic mass is 16.2. The Morgan fingerprint density at radius 3 is 2.79 bits per heavy atom. The average molecular weight is 190 g/mol. The maximum Gasteiger partial charge on any atom is 0.240 e. The molecule has 1 aliphatic rings. The Bertz CT molecular complexity index is 323. The van der Waals surface area contributed by atoms with Crippen molar-refractivity contribution in [3.8, 4) is 0 Å². The molecule has 2 rings (SSSR count).